The normalized spacial score (nSPS) is 16.3. The summed E-state index contributed by atoms with van der Waals surface area (Å²) in [4.78, 5) is 19.3. The summed E-state index contributed by atoms with van der Waals surface area (Å²) in [5, 5.41) is 0. The van der Waals surface area contributed by atoms with Gasteiger partial charge in [-0.25, -0.2) is 4.98 Å². The van der Waals surface area contributed by atoms with Gasteiger partial charge in [-0.05, 0) is 69.0 Å². The molecule has 5 heteroatoms. The molecule has 0 N–H and O–H groups in total. The van der Waals surface area contributed by atoms with Crippen LogP contribution in [0.25, 0.3) is 11.1 Å². The van der Waals surface area contributed by atoms with Crippen LogP contribution in [-0.4, -0.2) is 35.0 Å². The fourth-order valence-electron chi connectivity index (χ4n) is 3.71. The number of carbonyl (C=O) groups excluding carboxylic acids is 1. The van der Waals surface area contributed by atoms with Crippen molar-refractivity contribution < 1.29 is 13.9 Å². The maximum absolute atomic E-state index is 12.8. The highest BCUT2D eigenvalue weighted by Gasteiger charge is 2.29. The van der Waals surface area contributed by atoms with Gasteiger partial charge in [-0.15, -0.1) is 0 Å². The number of aromatic nitrogens is 1. The van der Waals surface area contributed by atoms with Crippen molar-refractivity contribution in [2.45, 2.75) is 45.6 Å². The summed E-state index contributed by atoms with van der Waals surface area (Å²) in [7, 11) is 0. The van der Waals surface area contributed by atoms with E-state index in [2.05, 4.69) is 11.9 Å². The Morgan fingerprint density at radius 2 is 1.89 bits per heavy atom. The molecule has 0 bridgehead atoms. The summed E-state index contributed by atoms with van der Waals surface area (Å²) in [5.74, 6) is 1.82. The number of likely N-dealkylation sites (tertiary alicyclic amines) is 1. The molecule has 0 saturated carbocycles. The first-order valence-corrected chi connectivity index (χ1v) is 9.89. The van der Waals surface area contributed by atoms with Gasteiger partial charge in [0.15, 0.2) is 17.6 Å². The Balaban J connectivity index is 1.35. The van der Waals surface area contributed by atoms with E-state index < -0.39 is 6.10 Å². The highest BCUT2D eigenvalue weighted by molar-refractivity contribution is 5.81. The number of benzene rings is 2. The minimum Gasteiger partial charge on any atom is -0.481 e. The maximum atomic E-state index is 12.8. The minimum absolute atomic E-state index is 0.0363. The fourth-order valence-corrected chi connectivity index (χ4v) is 3.71. The predicted octanol–water partition coefficient (Wildman–Crippen LogP) is 4.62. The molecule has 1 atom stereocenters. The van der Waals surface area contributed by atoms with Gasteiger partial charge in [-0.3, -0.25) is 4.79 Å². The molecule has 4 rings (SSSR count). The molecular formula is C23H26N2O3. The van der Waals surface area contributed by atoms with E-state index >= 15 is 0 Å². The number of para-hydroxylation sites is 2. The largest absolute Gasteiger partial charge is 0.481 e. The number of hydrogen-bond acceptors (Lipinski definition) is 4. The molecule has 0 radical (unpaired) electrons. The molecule has 5 nitrogen and oxygen atoms in total. The zero-order valence-corrected chi connectivity index (χ0v) is 16.6. The molecule has 1 amide bonds. The van der Waals surface area contributed by atoms with E-state index in [4.69, 9.17) is 9.15 Å². The Morgan fingerprint density at radius 3 is 2.61 bits per heavy atom. The van der Waals surface area contributed by atoms with Crippen molar-refractivity contribution in [3.63, 3.8) is 0 Å². The van der Waals surface area contributed by atoms with E-state index in [-0.39, 0.29) is 11.8 Å². The fraction of sp³-hybridized carbons (Fsp3) is 0.391. The van der Waals surface area contributed by atoms with E-state index in [0.717, 1.165) is 41.1 Å². The molecule has 1 aliphatic rings. The smallest absolute Gasteiger partial charge is 0.263 e. The van der Waals surface area contributed by atoms with E-state index in [0.29, 0.717) is 13.1 Å². The van der Waals surface area contributed by atoms with Gasteiger partial charge in [0, 0.05) is 19.0 Å². The van der Waals surface area contributed by atoms with Gasteiger partial charge in [-0.1, -0.05) is 18.2 Å². The van der Waals surface area contributed by atoms with E-state index in [9.17, 15) is 4.79 Å². The number of amides is 1. The predicted molar refractivity (Wildman–Crippen MR) is 109 cm³/mol. The first-order valence-electron chi connectivity index (χ1n) is 9.89. The number of nitrogens with zero attached hydrogens (tertiary/aromatic N) is 2. The second-order valence-corrected chi connectivity index (χ2v) is 7.63. The highest BCUT2D eigenvalue weighted by atomic mass is 16.5. The van der Waals surface area contributed by atoms with Crippen LogP contribution in [0, 0.1) is 13.8 Å². The molecule has 3 aromatic rings. The summed E-state index contributed by atoms with van der Waals surface area (Å²) in [6, 6.07) is 13.8. The maximum Gasteiger partial charge on any atom is 0.263 e. The third kappa shape index (κ3) is 3.75. The Labute approximate surface area is 165 Å². The number of fused-ring (bicyclic) bond motifs is 1. The molecule has 2 aromatic carbocycles. The molecule has 1 fully saturated rings. The van der Waals surface area contributed by atoms with E-state index in [1.165, 1.54) is 5.56 Å². The van der Waals surface area contributed by atoms with Gasteiger partial charge in [0.1, 0.15) is 11.3 Å². The summed E-state index contributed by atoms with van der Waals surface area (Å²) in [6.45, 7) is 7.33. The summed E-state index contributed by atoms with van der Waals surface area (Å²) in [5.41, 5.74) is 4.10. The topological polar surface area (TPSA) is 55.6 Å². The molecule has 28 heavy (non-hydrogen) atoms. The number of piperidine rings is 1. The van der Waals surface area contributed by atoms with E-state index in [1.54, 1.807) is 0 Å². The Morgan fingerprint density at radius 1 is 1.14 bits per heavy atom. The van der Waals surface area contributed by atoms with Crippen molar-refractivity contribution in [1.29, 1.82) is 0 Å². The Bertz CT molecular complexity index is 953. The molecular weight excluding hydrogens is 352 g/mol. The molecule has 1 aliphatic heterocycles. The van der Waals surface area contributed by atoms with Crippen molar-refractivity contribution in [3.8, 4) is 5.75 Å². The first kappa shape index (κ1) is 18.5. The lowest BCUT2D eigenvalue weighted by atomic mass is 9.96. The average Bonchev–Trinajstić information content (AvgIpc) is 3.14. The summed E-state index contributed by atoms with van der Waals surface area (Å²) in [6.07, 6.45) is 1.21. The number of ether oxygens (including phenoxy) is 1. The van der Waals surface area contributed by atoms with Gasteiger partial charge >= 0.3 is 0 Å². The third-order valence-corrected chi connectivity index (χ3v) is 5.61. The number of hydrogen-bond donors (Lipinski definition) is 0. The van der Waals surface area contributed by atoms with Crippen molar-refractivity contribution in [1.82, 2.24) is 9.88 Å². The molecule has 0 spiro atoms. The van der Waals surface area contributed by atoms with Gasteiger partial charge in [0.2, 0.25) is 0 Å². The van der Waals surface area contributed by atoms with Gasteiger partial charge in [0.05, 0.1) is 0 Å². The Kier molecular flexibility index (Phi) is 5.07. The van der Waals surface area contributed by atoms with Gasteiger partial charge in [-0.2, -0.15) is 0 Å². The zero-order chi connectivity index (χ0) is 19.7. The lowest BCUT2D eigenvalue weighted by Gasteiger charge is -2.32. The summed E-state index contributed by atoms with van der Waals surface area (Å²) >= 11 is 0. The van der Waals surface area contributed by atoms with Crippen LogP contribution in [0.1, 0.15) is 42.7 Å². The zero-order valence-electron chi connectivity index (χ0n) is 16.6. The quantitative estimate of drug-likeness (QED) is 0.665. The molecule has 1 aromatic heterocycles. The van der Waals surface area contributed by atoms with Crippen LogP contribution in [0.4, 0.5) is 0 Å². The van der Waals surface area contributed by atoms with Crippen molar-refractivity contribution in [2.24, 2.45) is 0 Å². The second-order valence-electron chi connectivity index (χ2n) is 7.63. The standard InChI is InChI=1S/C23H26N2O3/c1-15-8-9-19(14-16(15)2)27-17(3)23(26)25-12-10-18(11-13-25)22-24-20-6-4-5-7-21(20)28-22/h4-9,14,17-18H,10-13H2,1-3H3. The van der Waals surface area contributed by atoms with Gasteiger partial charge < -0.3 is 14.1 Å². The first-order chi connectivity index (χ1) is 13.5. The minimum atomic E-state index is -0.497. The van der Waals surface area contributed by atoms with Crippen LogP contribution in [0.3, 0.4) is 0 Å². The van der Waals surface area contributed by atoms with Crippen LogP contribution < -0.4 is 4.74 Å². The molecule has 1 unspecified atom stereocenters. The van der Waals surface area contributed by atoms with Crippen LogP contribution in [0.5, 0.6) is 5.75 Å². The number of aryl methyl sites for hydroxylation is 2. The average molecular weight is 378 g/mol. The van der Waals surface area contributed by atoms with E-state index in [1.807, 2.05) is 61.2 Å². The highest BCUT2D eigenvalue weighted by Crippen LogP contribution is 2.30. The number of carbonyl (C=O) groups is 1. The van der Waals surface area contributed by atoms with Crippen molar-refractivity contribution in [3.05, 3.63) is 59.5 Å². The molecule has 1 saturated heterocycles. The SMILES string of the molecule is Cc1ccc(OC(C)C(=O)N2CCC(c3nc4ccccc4o3)CC2)cc1C. The Hall–Kier alpha value is -2.82. The second kappa shape index (κ2) is 7.66. The van der Waals surface area contributed by atoms with Gasteiger partial charge in [0.25, 0.3) is 5.91 Å². The lowest BCUT2D eigenvalue weighted by Crippen LogP contribution is -2.44. The number of oxazole rings is 1. The van der Waals surface area contributed by atoms with Crippen molar-refractivity contribution >= 4 is 17.0 Å². The lowest BCUT2D eigenvalue weighted by molar-refractivity contribution is -0.139. The molecule has 146 valence electrons. The third-order valence-electron chi connectivity index (χ3n) is 5.61. The van der Waals surface area contributed by atoms with Crippen LogP contribution >= 0.6 is 0 Å². The van der Waals surface area contributed by atoms with Crippen LogP contribution in [0.15, 0.2) is 46.9 Å². The summed E-state index contributed by atoms with van der Waals surface area (Å²) < 4.78 is 11.8. The number of rotatable bonds is 4. The van der Waals surface area contributed by atoms with Crippen molar-refractivity contribution in [2.75, 3.05) is 13.1 Å². The van der Waals surface area contributed by atoms with Crippen LogP contribution in [-0.2, 0) is 4.79 Å². The monoisotopic (exact) mass is 378 g/mol. The molecule has 2 heterocycles. The van der Waals surface area contributed by atoms with Crippen LogP contribution in [0.2, 0.25) is 0 Å². The molecule has 0 aliphatic carbocycles.